The molecule has 0 aliphatic rings. The monoisotopic (exact) mass is 241 g/mol. The van der Waals surface area contributed by atoms with Gasteiger partial charge in [0.15, 0.2) is 0 Å². The van der Waals surface area contributed by atoms with Crippen molar-refractivity contribution < 1.29 is 4.74 Å². The molecule has 1 rings (SSSR count). The maximum Gasteiger partial charge on any atom is 0.0769 e. The Kier molecular flexibility index (Phi) is 6.69. The van der Waals surface area contributed by atoms with Crippen molar-refractivity contribution in [2.75, 3.05) is 13.2 Å². The molecule has 92 valence electrons. The molecule has 2 nitrogen and oxygen atoms in total. The molecule has 1 aromatic heterocycles. The summed E-state index contributed by atoms with van der Waals surface area (Å²) in [5.41, 5.74) is 1.36. The molecule has 0 aliphatic heterocycles. The molecule has 1 heterocycles. The van der Waals surface area contributed by atoms with Crippen LogP contribution in [0.2, 0.25) is 0 Å². The first-order chi connectivity index (χ1) is 7.83. The highest BCUT2D eigenvalue weighted by Gasteiger charge is 2.22. The Bertz CT molecular complexity index is 255. The lowest BCUT2D eigenvalue weighted by Crippen LogP contribution is -2.33. The van der Waals surface area contributed by atoms with E-state index in [1.807, 2.05) is 0 Å². The largest absolute Gasteiger partial charge is 0.377 e. The zero-order valence-corrected chi connectivity index (χ0v) is 11.3. The fourth-order valence-corrected chi connectivity index (χ4v) is 2.68. The van der Waals surface area contributed by atoms with Crippen molar-refractivity contribution in [2.45, 2.75) is 45.8 Å². The molecule has 0 amide bonds. The van der Waals surface area contributed by atoms with Crippen molar-refractivity contribution in [2.24, 2.45) is 0 Å². The predicted molar refractivity (Wildman–Crippen MR) is 71.1 cm³/mol. The second-order valence-corrected chi connectivity index (χ2v) is 4.65. The molecule has 3 heteroatoms. The number of hydrogen-bond donors (Lipinski definition) is 1. The number of hydrogen-bond acceptors (Lipinski definition) is 3. The molecule has 1 N–H and O–H groups in total. The van der Waals surface area contributed by atoms with E-state index in [9.17, 15) is 0 Å². The van der Waals surface area contributed by atoms with Crippen LogP contribution in [0, 0.1) is 0 Å². The number of ether oxygens (including phenoxy) is 1. The molecule has 16 heavy (non-hydrogen) atoms. The Morgan fingerprint density at radius 1 is 1.38 bits per heavy atom. The summed E-state index contributed by atoms with van der Waals surface area (Å²) < 4.78 is 5.86. The molecule has 0 fully saturated rings. The van der Waals surface area contributed by atoms with Crippen molar-refractivity contribution >= 4 is 11.3 Å². The summed E-state index contributed by atoms with van der Waals surface area (Å²) in [6.07, 6.45) is 2.57. The summed E-state index contributed by atoms with van der Waals surface area (Å²) in [5, 5.41) is 7.89. The van der Waals surface area contributed by atoms with Gasteiger partial charge in [-0.1, -0.05) is 20.3 Å². The number of thiophene rings is 1. The standard InChI is InChI=1S/C13H23NOS/c1-4-7-12(15-6-3)13(14-5-2)11-8-9-16-10-11/h8-10,12-14H,4-7H2,1-3H3. The molecular formula is C13H23NOS. The van der Waals surface area contributed by atoms with Crippen LogP contribution >= 0.6 is 11.3 Å². The van der Waals surface area contributed by atoms with Gasteiger partial charge in [-0.25, -0.2) is 0 Å². The molecule has 0 saturated heterocycles. The quantitative estimate of drug-likeness (QED) is 0.751. The smallest absolute Gasteiger partial charge is 0.0769 e. The Hall–Kier alpha value is -0.380. The van der Waals surface area contributed by atoms with E-state index < -0.39 is 0 Å². The minimum absolute atomic E-state index is 0.296. The Morgan fingerprint density at radius 2 is 2.19 bits per heavy atom. The van der Waals surface area contributed by atoms with Crippen molar-refractivity contribution in [3.05, 3.63) is 22.4 Å². The van der Waals surface area contributed by atoms with E-state index in [4.69, 9.17) is 4.74 Å². The summed E-state index contributed by atoms with van der Waals surface area (Å²) in [5.74, 6) is 0. The maximum atomic E-state index is 5.86. The van der Waals surface area contributed by atoms with E-state index in [1.54, 1.807) is 11.3 Å². The minimum Gasteiger partial charge on any atom is -0.377 e. The molecule has 0 radical (unpaired) electrons. The normalized spacial score (nSPS) is 14.9. The fourth-order valence-electron chi connectivity index (χ4n) is 1.98. The lowest BCUT2D eigenvalue weighted by molar-refractivity contribution is 0.0281. The topological polar surface area (TPSA) is 21.3 Å². The zero-order chi connectivity index (χ0) is 11.8. The second-order valence-electron chi connectivity index (χ2n) is 3.87. The van der Waals surface area contributed by atoms with Crippen molar-refractivity contribution in [1.29, 1.82) is 0 Å². The van der Waals surface area contributed by atoms with Crippen LogP contribution in [0.4, 0.5) is 0 Å². The highest BCUT2D eigenvalue weighted by atomic mass is 32.1. The van der Waals surface area contributed by atoms with Crippen molar-refractivity contribution in [3.63, 3.8) is 0 Å². The first kappa shape index (κ1) is 13.7. The van der Waals surface area contributed by atoms with Gasteiger partial charge >= 0.3 is 0 Å². The highest BCUT2D eigenvalue weighted by Crippen LogP contribution is 2.24. The zero-order valence-electron chi connectivity index (χ0n) is 10.5. The third-order valence-electron chi connectivity index (χ3n) is 2.65. The molecule has 0 aliphatic carbocycles. The first-order valence-corrected chi connectivity index (χ1v) is 7.14. The van der Waals surface area contributed by atoms with E-state index in [1.165, 1.54) is 5.56 Å². The molecule has 1 aromatic rings. The average Bonchev–Trinajstić information content (AvgIpc) is 2.79. The SMILES string of the molecule is CCCC(OCC)C(NCC)c1ccsc1. The van der Waals surface area contributed by atoms with E-state index in [0.717, 1.165) is 26.0 Å². The maximum absolute atomic E-state index is 5.86. The summed E-state index contributed by atoms with van der Waals surface area (Å²) >= 11 is 1.75. The Balaban J connectivity index is 2.72. The molecule has 2 atom stereocenters. The average molecular weight is 241 g/mol. The van der Waals surface area contributed by atoms with Crippen molar-refractivity contribution in [1.82, 2.24) is 5.32 Å². The lowest BCUT2D eigenvalue weighted by Gasteiger charge is -2.27. The van der Waals surface area contributed by atoms with Gasteiger partial charge in [-0.05, 0) is 42.3 Å². The summed E-state index contributed by atoms with van der Waals surface area (Å²) in [6, 6.07) is 2.54. The van der Waals surface area contributed by atoms with E-state index >= 15 is 0 Å². The van der Waals surface area contributed by atoms with Crippen LogP contribution in [0.1, 0.15) is 45.2 Å². The van der Waals surface area contributed by atoms with Gasteiger partial charge in [-0.15, -0.1) is 0 Å². The molecule has 0 aromatic carbocycles. The Labute approximate surface area is 103 Å². The van der Waals surface area contributed by atoms with Crippen LogP contribution in [0.3, 0.4) is 0 Å². The number of nitrogens with one attached hydrogen (secondary N) is 1. The van der Waals surface area contributed by atoms with Gasteiger partial charge in [0, 0.05) is 6.61 Å². The lowest BCUT2D eigenvalue weighted by atomic mass is 10.0. The second kappa shape index (κ2) is 7.82. The van der Waals surface area contributed by atoms with Gasteiger partial charge in [0.1, 0.15) is 0 Å². The fraction of sp³-hybridized carbons (Fsp3) is 0.692. The summed E-state index contributed by atoms with van der Waals surface area (Å²) in [7, 11) is 0. The predicted octanol–water partition coefficient (Wildman–Crippen LogP) is 3.60. The van der Waals surface area contributed by atoms with Crippen LogP contribution in [0.5, 0.6) is 0 Å². The third-order valence-corrected chi connectivity index (χ3v) is 3.35. The van der Waals surface area contributed by atoms with Gasteiger partial charge in [0.2, 0.25) is 0 Å². The number of likely N-dealkylation sites (N-methyl/N-ethyl adjacent to an activating group) is 1. The van der Waals surface area contributed by atoms with Gasteiger partial charge in [-0.2, -0.15) is 11.3 Å². The number of rotatable bonds is 8. The minimum atomic E-state index is 0.296. The molecule has 0 spiro atoms. The van der Waals surface area contributed by atoms with Gasteiger partial charge in [-0.3, -0.25) is 0 Å². The van der Waals surface area contributed by atoms with E-state index in [2.05, 4.69) is 42.9 Å². The summed E-state index contributed by atoms with van der Waals surface area (Å²) in [4.78, 5) is 0. The molecular weight excluding hydrogens is 218 g/mol. The van der Waals surface area contributed by atoms with Crippen LogP contribution in [-0.2, 0) is 4.74 Å². The first-order valence-electron chi connectivity index (χ1n) is 6.20. The Morgan fingerprint density at radius 3 is 2.69 bits per heavy atom. The van der Waals surface area contributed by atoms with Crippen LogP contribution in [0.15, 0.2) is 16.8 Å². The van der Waals surface area contributed by atoms with E-state index in [-0.39, 0.29) is 0 Å². The summed E-state index contributed by atoms with van der Waals surface area (Å²) in [6.45, 7) is 8.20. The molecule has 0 bridgehead atoms. The highest BCUT2D eigenvalue weighted by molar-refractivity contribution is 7.07. The van der Waals surface area contributed by atoms with Gasteiger partial charge < -0.3 is 10.1 Å². The van der Waals surface area contributed by atoms with Crippen LogP contribution in [-0.4, -0.2) is 19.3 Å². The van der Waals surface area contributed by atoms with Gasteiger partial charge in [0.25, 0.3) is 0 Å². The molecule has 0 saturated carbocycles. The van der Waals surface area contributed by atoms with Gasteiger partial charge in [0.05, 0.1) is 12.1 Å². The third kappa shape index (κ3) is 3.89. The van der Waals surface area contributed by atoms with E-state index in [0.29, 0.717) is 12.1 Å². The van der Waals surface area contributed by atoms with Crippen molar-refractivity contribution in [3.8, 4) is 0 Å². The van der Waals surface area contributed by atoms with Crippen LogP contribution in [0.25, 0.3) is 0 Å². The van der Waals surface area contributed by atoms with Crippen LogP contribution < -0.4 is 5.32 Å². The molecule has 2 unspecified atom stereocenters.